The van der Waals surface area contributed by atoms with Crippen LogP contribution in [-0.4, -0.2) is 9.55 Å². The Morgan fingerprint density at radius 3 is 1.79 bits per heavy atom. The fraction of sp³-hybridized carbons (Fsp3) is 0. The molecule has 250 valence electrons. The third-order valence-corrected chi connectivity index (χ3v) is 11.3. The number of aromatic nitrogens is 2. The number of para-hydroxylation sites is 1. The van der Waals surface area contributed by atoms with Gasteiger partial charge >= 0.3 is 0 Å². The van der Waals surface area contributed by atoms with Gasteiger partial charge in [0, 0.05) is 50.0 Å². The van der Waals surface area contributed by atoms with E-state index < -0.39 is 0 Å². The van der Waals surface area contributed by atoms with Gasteiger partial charge in [0.2, 0.25) is 0 Å². The lowest BCUT2D eigenvalue weighted by Gasteiger charge is -2.26. The van der Waals surface area contributed by atoms with Crippen LogP contribution in [0.1, 0.15) is 0 Å². The van der Waals surface area contributed by atoms with E-state index in [4.69, 9.17) is 0 Å². The molecule has 7 aromatic carbocycles. The summed E-state index contributed by atoms with van der Waals surface area (Å²) in [5, 5.41) is 2.59. The summed E-state index contributed by atoms with van der Waals surface area (Å²) in [4.78, 5) is 6.90. The van der Waals surface area contributed by atoms with Crippen LogP contribution in [0.2, 0.25) is 0 Å². The molecule has 0 saturated heterocycles. The molecule has 3 aromatic heterocycles. The Balaban J connectivity index is 1.04. The minimum absolute atomic E-state index is 0.962. The van der Waals surface area contributed by atoms with Crippen molar-refractivity contribution in [3.05, 3.63) is 200 Å². The van der Waals surface area contributed by atoms with Crippen molar-refractivity contribution in [2.45, 2.75) is 0 Å². The van der Waals surface area contributed by atoms with Crippen molar-refractivity contribution in [2.75, 3.05) is 4.90 Å². The highest BCUT2D eigenvalue weighted by molar-refractivity contribution is 7.26. The van der Waals surface area contributed by atoms with Crippen molar-refractivity contribution >= 4 is 59.6 Å². The van der Waals surface area contributed by atoms with Gasteiger partial charge in [-0.2, -0.15) is 0 Å². The lowest BCUT2D eigenvalue weighted by Crippen LogP contribution is -2.10. The maximum Gasteiger partial charge on any atom is 0.0727 e. The van der Waals surface area contributed by atoms with E-state index in [0.29, 0.717) is 0 Å². The summed E-state index contributed by atoms with van der Waals surface area (Å²) >= 11 is 1.88. The van der Waals surface area contributed by atoms with Crippen molar-refractivity contribution < 1.29 is 0 Å². The van der Waals surface area contributed by atoms with Crippen LogP contribution in [0.15, 0.2) is 200 Å². The Hall–Kier alpha value is -6.75. The number of benzene rings is 7. The van der Waals surface area contributed by atoms with Crippen molar-refractivity contribution in [3.8, 4) is 39.2 Å². The molecule has 0 bridgehead atoms. The van der Waals surface area contributed by atoms with Gasteiger partial charge in [-0.1, -0.05) is 121 Å². The van der Waals surface area contributed by atoms with E-state index in [1.54, 1.807) is 0 Å². The molecule has 0 amide bonds. The first kappa shape index (κ1) is 31.0. The predicted octanol–water partition coefficient (Wildman–Crippen LogP) is 13.9. The average molecular weight is 696 g/mol. The third-order valence-electron chi connectivity index (χ3n) is 10.1. The van der Waals surface area contributed by atoms with E-state index in [2.05, 4.69) is 190 Å². The summed E-state index contributed by atoms with van der Waals surface area (Å²) in [6.07, 6.45) is 1.84. The summed E-state index contributed by atoms with van der Waals surface area (Å²) in [7, 11) is 0. The summed E-state index contributed by atoms with van der Waals surface area (Å²) in [6.45, 7) is 0. The average Bonchev–Trinajstić information content (AvgIpc) is 3.77. The van der Waals surface area contributed by atoms with Crippen molar-refractivity contribution in [3.63, 3.8) is 0 Å². The van der Waals surface area contributed by atoms with Gasteiger partial charge in [0.1, 0.15) is 0 Å². The largest absolute Gasteiger partial charge is 0.310 e. The van der Waals surface area contributed by atoms with Crippen molar-refractivity contribution in [1.82, 2.24) is 9.55 Å². The molecule has 10 rings (SSSR count). The van der Waals surface area contributed by atoms with Crippen LogP contribution >= 0.6 is 11.3 Å². The Labute approximate surface area is 312 Å². The highest BCUT2D eigenvalue weighted by Crippen LogP contribution is 2.43. The predicted molar refractivity (Wildman–Crippen MR) is 225 cm³/mol. The fourth-order valence-corrected chi connectivity index (χ4v) is 8.73. The Kier molecular flexibility index (Phi) is 7.67. The van der Waals surface area contributed by atoms with Crippen LogP contribution in [0, 0.1) is 0 Å². The molecule has 0 atom stereocenters. The van der Waals surface area contributed by atoms with Crippen LogP contribution in [0.25, 0.3) is 70.4 Å². The second-order valence-corrected chi connectivity index (χ2v) is 14.3. The van der Waals surface area contributed by atoms with E-state index in [1.165, 1.54) is 47.9 Å². The molecule has 53 heavy (non-hydrogen) atoms. The van der Waals surface area contributed by atoms with Gasteiger partial charge in [0.15, 0.2) is 0 Å². The van der Waals surface area contributed by atoms with Crippen molar-refractivity contribution in [1.29, 1.82) is 0 Å². The molecule has 0 saturated carbocycles. The first-order valence-corrected chi connectivity index (χ1v) is 18.7. The SMILES string of the molecule is c1ccc(-c2ccc(N(c3ccc(-c4ccccn4)cc3)c3cccc(-c4ccc(-n5c6ccccc6c6sc7ccccc7c65)cc4)c3)cc2)cc1. The Morgan fingerprint density at radius 1 is 0.434 bits per heavy atom. The second-order valence-electron chi connectivity index (χ2n) is 13.2. The van der Waals surface area contributed by atoms with Gasteiger partial charge in [-0.25, -0.2) is 0 Å². The van der Waals surface area contributed by atoms with Crippen molar-refractivity contribution in [2.24, 2.45) is 0 Å². The number of thiophene rings is 1. The number of anilines is 3. The van der Waals surface area contributed by atoms with E-state index in [9.17, 15) is 0 Å². The fourth-order valence-electron chi connectivity index (χ4n) is 7.51. The molecule has 0 aliphatic heterocycles. The minimum Gasteiger partial charge on any atom is -0.310 e. The zero-order valence-corrected chi connectivity index (χ0v) is 29.6. The molecule has 3 heterocycles. The molecule has 3 nitrogen and oxygen atoms in total. The maximum atomic E-state index is 4.57. The molecular weight excluding hydrogens is 663 g/mol. The molecular formula is C49H33N3S. The molecule has 0 aliphatic carbocycles. The van der Waals surface area contributed by atoms with Gasteiger partial charge in [0.05, 0.1) is 21.4 Å². The van der Waals surface area contributed by atoms with Gasteiger partial charge in [0.25, 0.3) is 0 Å². The summed E-state index contributed by atoms with van der Waals surface area (Å²) in [5.41, 5.74) is 13.7. The number of rotatable bonds is 7. The first-order valence-electron chi connectivity index (χ1n) is 17.9. The van der Waals surface area contributed by atoms with Gasteiger partial charge in [-0.15, -0.1) is 11.3 Å². The lowest BCUT2D eigenvalue weighted by atomic mass is 10.0. The van der Waals surface area contributed by atoms with E-state index in [1.807, 2.05) is 35.7 Å². The standard InChI is InChI=1S/C49H33N3S/c1-2-11-34(12-3-1)35-20-26-39(27-21-35)51(40-30-24-37(25-31-40)45-17-8-9-32-50-45)42-14-10-13-38(33-42)36-22-28-41(29-23-36)52-46-18-6-4-15-43(46)49-48(52)44-16-5-7-19-47(44)53-49/h1-33H. The molecule has 0 radical (unpaired) electrons. The monoisotopic (exact) mass is 695 g/mol. The third kappa shape index (κ3) is 5.57. The molecule has 10 aromatic rings. The highest BCUT2D eigenvalue weighted by Gasteiger charge is 2.18. The quantitative estimate of drug-likeness (QED) is 0.165. The number of fused-ring (bicyclic) bond motifs is 5. The van der Waals surface area contributed by atoms with Crippen LogP contribution in [0.4, 0.5) is 17.1 Å². The number of hydrogen-bond donors (Lipinski definition) is 0. The molecule has 0 fully saturated rings. The van der Waals surface area contributed by atoms with E-state index in [0.717, 1.165) is 39.6 Å². The minimum atomic E-state index is 0.962. The zero-order valence-electron chi connectivity index (χ0n) is 28.8. The maximum absolute atomic E-state index is 4.57. The Morgan fingerprint density at radius 2 is 1.04 bits per heavy atom. The smallest absolute Gasteiger partial charge is 0.0727 e. The highest BCUT2D eigenvalue weighted by atomic mass is 32.1. The number of nitrogens with zero attached hydrogens (tertiary/aromatic N) is 3. The van der Waals surface area contributed by atoms with Gasteiger partial charge < -0.3 is 9.47 Å². The second kappa shape index (κ2) is 13.1. The van der Waals surface area contributed by atoms with E-state index >= 15 is 0 Å². The number of hydrogen-bond acceptors (Lipinski definition) is 3. The number of pyridine rings is 1. The van der Waals surface area contributed by atoms with Gasteiger partial charge in [-0.05, 0) is 95.1 Å². The van der Waals surface area contributed by atoms with Crippen LogP contribution in [0.3, 0.4) is 0 Å². The van der Waals surface area contributed by atoms with Crippen LogP contribution < -0.4 is 4.90 Å². The Bertz CT molecular complexity index is 2760. The molecule has 0 N–H and O–H groups in total. The topological polar surface area (TPSA) is 21.1 Å². The lowest BCUT2D eigenvalue weighted by molar-refractivity contribution is 1.19. The normalized spacial score (nSPS) is 11.4. The van der Waals surface area contributed by atoms with E-state index in [-0.39, 0.29) is 0 Å². The van der Waals surface area contributed by atoms with Crippen LogP contribution in [0.5, 0.6) is 0 Å². The molecule has 0 unspecified atom stereocenters. The zero-order chi connectivity index (χ0) is 35.1. The molecule has 0 spiro atoms. The summed E-state index contributed by atoms with van der Waals surface area (Å²) in [5.74, 6) is 0. The van der Waals surface area contributed by atoms with Gasteiger partial charge in [-0.3, -0.25) is 4.98 Å². The summed E-state index contributed by atoms with van der Waals surface area (Å²) < 4.78 is 5.08. The summed E-state index contributed by atoms with van der Waals surface area (Å²) in [6, 6.07) is 69.5. The molecule has 4 heteroatoms. The first-order chi connectivity index (χ1) is 26.3. The molecule has 0 aliphatic rings. The van der Waals surface area contributed by atoms with Crippen LogP contribution in [-0.2, 0) is 0 Å².